The molecule has 1 aromatic carbocycles. The van der Waals surface area contributed by atoms with Crippen molar-refractivity contribution in [1.82, 2.24) is 4.72 Å². The Balaban J connectivity index is 2.81. The minimum absolute atomic E-state index is 0.139. The van der Waals surface area contributed by atoms with Gasteiger partial charge in [0.1, 0.15) is 16.2 Å². The average Bonchev–Trinajstić information content (AvgIpc) is 2.27. The van der Waals surface area contributed by atoms with Gasteiger partial charge in [0, 0.05) is 23.0 Å². The number of nitrogens with one attached hydrogen (secondary N) is 1. The minimum Gasteiger partial charge on any atom is -0.598 e. The first-order chi connectivity index (χ1) is 8.25. The molecule has 102 valence electrons. The summed E-state index contributed by atoms with van der Waals surface area (Å²) in [5.74, 6) is 0.737. The van der Waals surface area contributed by atoms with Crippen LogP contribution in [0, 0.1) is 0 Å². The van der Waals surface area contributed by atoms with Crippen LogP contribution in [0.15, 0.2) is 18.2 Å². The molecule has 4 nitrogen and oxygen atoms in total. The maximum Gasteiger partial charge on any atom is 0.136 e. The summed E-state index contributed by atoms with van der Waals surface area (Å²) in [7, 11) is 1.55. The molecule has 5 heteroatoms. The van der Waals surface area contributed by atoms with Gasteiger partial charge in [-0.25, -0.2) is 0 Å². The van der Waals surface area contributed by atoms with E-state index in [1.807, 2.05) is 27.7 Å². The Morgan fingerprint density at radius 3 is 2.44 bits per heavy atom. The van der Waals surface area contributed by atoms with Crippen molar-refractivity contribution < 1.29 is 14.4 Å². The number of phenols is 1. The van der Waals surface area contributed by atoms with E-state index in [9.17, 15) is 9.66 Å². The summed E-state index contributed by atoms with van der Waals surface area (Å²) in [6.45, 7) is 7.56. The lowest BCUT2D eigenvalue weighted by molar-refractivity contribution is 0.405. The van der Waals surface area contributed by atoms with Gasteiger partial charge in [0.05, 0.1) is 13.2 Å². The van der Waals surface area contributed by atoms with E-state index < -0.39 is 11.4 Å². The monoisotopic (exact) mass is 271 g/mol. The third-order valence-corrected chi connectivity index (χ3v) is 4.22. The lowest BCUT2D eigenvalue weighted by atomic mass is 10.1. The number of ether oxygens (including phenoxy) is 1. The number of hydrogen-bond acceptors (Lipinski definition) is 4. The van der Waals surface area contributed by atoms with Crippen molar-refractivity contribution in [3.63, 3.8) is 0 Å². The highest BCUT2D eigenvalue weighted by Crippen LogP contribution is 2.29. The van der Waals surface area contributed by atoms with E-state index >= 15 is 0 Å². The Hall–Kier alpha value is -0.910. The smallest absolute Gasteiger partial charge is 0.136 e. The van der Waals surface area contributed by atoms with Crippen LogP contribution in [0.1, 0.15) is 39.3 Å². The van der Waals surface area contributed by atoms with Gasteiger partial charge in [-0.15, -0.1) is 4.72 Å². The van der Waals surface area contributed by atoms with Gasteiger partial charge in [0.25, 0.3) is 0 Å². The number of hydrogen-bond donors (Lipinski definition) is 2. The maximum absolute atomic E-state index is 12.0. The average molecular weight is 271 g/mol. The Bertz CT molecular complexity index is 404. The lowest BCUT2D eigenvalue weighted by Crippen LogP contribution is -2.40. The Labute approximate surface area is 112 Å². The van der Waals surface area contributed by atoms with Crippen molar-refractivity contribution >= 4 is 11.4 Å². The third kappa shape index (κ3) is 3.80. The van der Waals surface area contributed by atoms with Gasteiger partial charge >= 0.3 is 0 Å². The summed E-state index contributed by atoms with van der Waals surface area (Å²) in [6.07, 6.45) is 0. The van der Waals surface area contributed by atoms with Gasteiger partial charge in [0.15, 0.2) is 0 Å². The van der Waals surface area contributed by atoms with Gasteiger partial charge < -0.3 is 14.4 Å². The van der Waals surface area contributed by atoms with Crippen molar-refractivity contribution in [2.45, 2.75) is 38.5 Å². The van der Waals surface area contributed by atoms with Crippen LogP contribution in [0.25, 0.3) is 0 Å². The highest BCUT2D eigenvalue weighted by Gasteiger charge is 2.29. The largest absolute Gasteiger partial charge is 0.598 e. The van der Waals surface area contributed by atoms with E-state index in [1.165, 1.54) is 0 Å². The highest BCUT2D eigenvalue weighted by atomic mass is 32.2. The van der Waals surface area contributed by atoms with Gasteiger partial charge in [-0.2, -0.15) is 0 Å². The molecule has 0 saturated heterocycles. The summed E-state index contributed by atoms with van der Waals surface area (Å²) in [5, 5.41) is 9.89. The molecule has 0 bridgehead atoms. The quantitative estimate of drug-likeness (QED) is 0.826. The molecule has 1 unspecified atom stereocenters. The summed E-state index contributed by atoms with van der Waals surface area (Å²) >= 11 is -1.18. The number of phenolic OH excluding ortho intramolecular Hbond substituents is 1. The molecule has 2 atom stereocenters. The Morgan fingerprint density at radius 1 is 1.39 bits per heavy atom. The standard InChI is InChI=1S/C13H21NO3S/c1-9(14-18(16)13(2,3)4)11-7-6-10(17-5)8-12(11)15/h6-9,14-15H,1-5H3/t9-,18?/m0/s1. The normalized spacial score (nSPS) is 15.2. The van der Waals surface area contributed by atoms with Crippen molar-refractivity contribution in [1.29, 1.82) is 0 Å². The SMILES string of the molecule is COc1ccc([C@H](C)N[S+]([O-])C(C)(C)C)c(O)c1. The molecule has 0 heterocycles. The van der Waals surface area contributed by atoms with E-state index in [0.29, 0.717) is 11.3 Å². The lowest BCUT2D eigenvalue weighted by Gasteiger charge is -2.26. The van der Waals surface area contributed by atoms with E-state index in [-0.39, 0.29) is 16.5 Å². The number of methoxy groups -OCH3 is 1. The molecule has 0 spiro atoms. The van der Waals surface area contributed by atoms with Crippen molar-refractivity contribution in [2.24, 2.45) is 0 Å². The van der Waals surface area contributed by atoms with Crippen molar-refractivity contribution in [3.8, 4) is 11.5 Å². The van der Waals surface area contributed by atoms with E-state index in [0.717, 1.165) is 0 Å². The molecule has 18 heavy (non-hydrogen) atoms. The predicted molar refractivity (Wildman–Crippen MR) is 74.1 cm³/mol. The summed E-state index contributed by atoms with van der Waals surface area (Å²) in [4.78, 5) is 0. The first-order valence-corrected chi connectivity index (χ1v) is 6.95. The number of aromatic hydroxyl groups is 1. The molecule has 2 N–H and O–H groups in total. The molecule has 1 aromatic rings. The topological polar surface area (TPSA) is 64.5 Å². The molecule has 0 saturated carbocycles. The third-order valence-electron chi connectivity index (χ3n) is 2.54. The molecule has 0 aliphatic rings. The Kier molecular flexibility index (Phi) is 4.90. The fraction of sp³-hybridized carbons (Fsp3) is 0.538. The molecule has 0 aliphatic heterocycles. The summed E-state index contributed by atoms with van der Waals surface area (Å²) in [6, 6.07) is 4.89. The van der Waals surface area contributed by atoms with E-state index in [2.05, 4.69) is 4.72 Å². The molecule has 1 rings (SSSR count). The van der Waals surface area contributed by atoms with E-state index in [4.69, 9.17) is 4.74 Å². The van der Waals surface area contributed by atoms with Crippen LogP contribution >= 0.6 is 0 Å². The van der Waals surface area contributed by atoms with Crippen LogP contribution in [0.2, 0.25) is 0 Å². The zero-order valence-corrected chi connectivity index (χ0v) is 12.3. The zero-order valence-electron chi connectivity index (χ0n) is 11.5. The first kappa shape index (κ1) is 15.1. The minimum atomic E-state index is -1.18. The van der Waals surface area contributed by atoms with Crippen LogP contribution in [0.3, 0.4) is 0 Å². The Morgan fingerprint density at radius 2 is 2.00 bits per heavy atom. The van der Waals surface area contributed by atoms with E-state index in [1.54, 1.807) is 25.3 Å². The van der Waals surface area contributed by atoms with Crippen LogP contribution in [0.5, 0.6) is 11.5 Å². The molecule has 0 radical (unpaired) electrons. The van der Waals surface area contributed by atoms with Crippen molar-refractivity contribution in [2.75, 3.05) is 7.11 Å². The molecule has 0 amide bonds. The summed E-state index contributed by atoms with van der Waals surface area (Å²) < 4.78 is 19.6. The fourth-order valence-corrected chi connectivity index (χ4v) is 2.22. The van der Waals surface area contributed by atoms with Crippen molar-refractivity contribution in [3.05, 3.63) is 23.8 Å². The second-order valence-corrected chi connectivity index (χ2v) is 7.14. The molecule has 0 fully saturated rings. The zero-order chi connectivity index (χ0) is 13.9. The van der Waals surface area contributed by atoms with Gasteiger partial charge in [-0.3, -0.25) is 0 Å². The van der Waals surface area contributed by atoms with Crippen LogP contribution < -0.4 is 9.46 Å². The first-order valence-electron chi connectivity index (χ1n) is 5.80. The second kappa shape index (κ2) is 5.82. The predicted octanol–water partition coefficient (Wildman–Crippen LogP) is 2.51. The molecular weight excluding hydrogens is 250 g/mol. The summed E-state index contributed by atoms with van der Waals surface area (Å²) in [5.41, 5.74) is 0.702. The van der Waals surface area contributed by atoms with Gasteiger partial charge in [0.2, 0.25) is 0 Å². The molecule has 0 aromatic heterocycles. The fourth-order valence-electron chi connectivity index (χ4n) is 1.42. The van der Waals surface area contributed by atoms with Gasteiger partial charge in [-0.1, -0.05) is 0 Å². The number of rotatable bonds is 4. The molecular formula is C13H21NO3S. The van der Waals surface area contributed by atoms with Crippen LogP contribution in [-0.4, -0.2) is 21.5 Å². The number of benzene rings is 1. The molecule has 0 aliphatic carbocycles. The van der Waals surface area contributed by atoms with Crippen LogP contribution in [0.4, 0.5) is 0 Å². The van der Waals surface area contributed by atoms with Crippen LogP contribution in [-0.2, 0) is 11.4 Å². The van der Waals surface area contributed by atoms with Gasteiger partial charge in [-0.05, 0) is 39.8 Å². The maximum atomic E-state index is 12.0. The highest BCUT2D eigenvalue weighted by molar-refractivity contribution is 7.90. The second-order valence-electron chi connectivity index (χ2n) is 5.15.